The van der Waals surface area contributed by atoms with E-state index in [-0.39, 0.29) is 0 Å². The first-order chi connectivity index (χ1) is 10.3. The highest BCUT2D eigenvalue weighted by Gasteiger charge is 2.46. The van der Waals surface area contributed by atoms with Crippen molar-refractivity contribution >= 4 is 0 Å². The second kappa shape index (κ2) is 5.82. The Morgan fingerprint density at radius 1 is 1.14 bits per heavy atom. The normalized spacial score (nSPS) is 42.7. The number of nitrogens with one attached hydrogen (secondary N) is 1. The van der Waals surface area contributed by atoms with Crippen LogP contribution in [0.5, 0.6) is 0 Å². The first-order valence-corrected chi connectivity index (χ1v) is 9.42. The third-order valence-electron chi connectivity index (χ3n) is 6.78. The molecule has 3 heteroatoms. The van der Waals surface area contributed by atoms with E-state index in [1.54, 1.807) is 0 Å². The lowest BCUT2D eigenvalue weighted by atomic mass is 9.83. The van der Waals surface area contributed by atoms with Crippen LogP contribution in [0.3, 0.4) is 0 Å². The summed E-state index contributed by atoms with van der Waals surface area (Å²) in [4.78, 5) is 2.78. The van der Waals surface area contributed by atoms with Gasteiger partial charge in [-0.15, -0.1) is 0 Å². The molecule has 4 aliphatic rings. The molecule has 4 fully saturated rings. The van der Waals surface area contributed by atoms with Gasteiger partial charge < -0.3 is 10.1 Å². The molecule has 0 radical (unpaired) electrons. The van der Waals surface area contributed by atoms with Crippen LogP contribution in [0.1, 0.15) is 58.3 Å². The van der Waals surface area contributed by atoms with Gasteiger partial charge in [-0.2, -0.15) is 0 Å². The molecule has 21 heavy (non-hydrogen) atoms. The highest BCUT2D eigenvalue weighted by molar-refractivity contribution is 5.00. The summed E-state index contributed by atoms with van der Waals surface area (Å²) < 4.78 is 6.61. The first-order valence-electron chi connectivity index (χ1n) is 9.42. The number of ether oxygens (including phenoxy) is 1. The van der Waals surface area contributed by atoms with E-state index in [9.17, 15) is 0 Å². The van der Waals surface area contributed by atoms with Crippen molar-refractivity contribution in [2.45, 2.75) is 76.0 Å². The molecule has 3 nitrogen and oxygen atoms in total. The molecule has 1 N–H and O–H groups in total. The smallest absolute Gasteiger partial charge is 0.0710 e. The van der Waals surface area contributed by atoms with Crippen LogP contribution in [0.4, 0.5) is 0 Å². The molecule has 0 aromatic carbocycles. The molecule has 120 valence electrons. The zero-order valence-electron chi connectivity index (χ0n) is 13.7. The van der Waals surface area contributed by atoms with Gasteiger partial charge in [0.1, 0.15) is 0 Å². The van der Waals surface area contributed by atoms with E-state index in [4.69, 9.17) is 4.74 Å². The van der Waals surface area contributed by atoms with Crippen molar-refractivity contribution in [1.29, 1.82) is 0 Å². The van der Waals surface area contributed by atoms with Gasteiger partial charge in [0.05, 0.1) is 11.7 Å². The number of hydrogen-bond acceptors (Lipinski definition) is 3. The highest BCUT2D eigenvalue weighted by atomic mass is 16.5. The summed E-state index contributed by atoms with van der Waals surface area (Å²) in [5.74, 6) is 1.81. The SMILES string of the molecule is CCC1C2CNCC2CN1CC1CCC2(CCCCC2)O1. The van der Waals surface area contributed by atoms with E-state index >= 15 is 0 Å². The maximum atomic E-state index is 6.61. The number of fused-ring (bicyclic) bond motifs is 1. The fourth-order valence-corrected chi connectivity index (χ4v) is 5.73. The summed E-state index contributed by atoms with van der Waals surface area (Å²) in [6.07, 6.45) is 11.3. The molecule has 0 aromatic rings. The number of rotatable bonds is 3. The summed E-state index contributed by atoms with van der Waals surface area (Å²) >= 11 is 0. The summed E-state index contributed by atoms with van der Waals surface area (Å²) in [7, 11) is 0. The van der Waals surface area contributed by atoms with Crippen LogP contribution in [0, 0.1) is 11.8 Å². The predicted octanol–water partition coefficient (Wildman–Crippen LogP) is 2.80. The highest BCUT2D eigenvalue weighted by Crippen LogP contribution is 2.43. The lowest BCUT2D eigenvalue weighted by Crippen LogP contribution is -2.41. The van der Waals surface area contributed by atoms with Crippen LogP contribution in [0.25, 0.3) is 0 Å². The fourth-order valence-electron chi connectivity index (χ4n) is 5.73. The van der Waals surface area contributed by atoms with Gasteiger partial charge in [0.2, 0.25) is 0 Å². The van der Waals surface area contributed by atoms with Crippen LogP contribution >= 0.6 is 0 Å². The minimum atomic E-state index is 0.293. The Hall–Kier alpha value is -0.120. The van der Waals surface area contributed by atoms with Gasteiger partial charge in [-0.05, 0) is 57.0 Å². The van der Waals surface area contributed by atoms with Crippen molar-refractivity contribution in [3.8, 4) is 0 Å². The minimum Gasteiger partial charge on any atom is -0.370 e. The zero-order valence-corrected chi connectivity index (χ0v) is 13.7. The van der Waals surface area contributed by atoms with Gasteiger partial charge in [0, 0.05) is 19.1 Å². The zero-order chi connectivity index (χ0) is 14.3. The van der Waals surface area contributed by atoms with Crippen molar-refractivity contribution in [2.75, 3.05) is 26.2 Å². The van der Waals surface area contributed by atoms with Gasteiger partial charge in [-0.1, -0.05) is 26.2 Å². The van der Waals surface area contributed by atoms with E-state index in [1.165, 1.54) is 77.5 Å². The lowest BCUT2D eigenvalue weighted by molar-refractivity contribution is -0.0734. The Balaban J connectivity index is 1.36. The number of nitrogens with zero attached hydrogens (tertiary/aromatic N) is 1. The molecule has 4 unspecified atom stereocenters. The maximum Gasteiger partial charge on any atom is 0.0710 e. The van der Waals surface area contributed by atoms with Crippen LogP contribution in [0.2, 0.25) is 0 Å². The maximum absolute atomic E-state index is 6.61. The van der Waals surface area contributed by atoms with Gasteiger partial charge >= 0.3 is 0 Å². The second-order valence-corrected chi connectivity index (χ2v) is 8.03. The Bertz CT molecular complexity index is 366. The minimum absolute atomic E-state index is 0.293. The molecule has 1 spiro atoms. The Morgan fingerprint density at radius 2 is 2.00 bits per heavy atom. The first kappa shape index (κ1) is 14.5. The average Bonchev–Trinajstić information content (AvgIpc) is 3.16. The van der Waals surface area contributed by atoms with Crippen LogP contribution in [-0.4, -0.2) is 48.8 Å². The van der Waals surface area contributed by atoms with Crippen molar-refractivity contribution in [1.82, 2.24) is 10.2 Å². The van der Waals surface area contributed by atoms with E-state index in [0.717, 1.165) is 17.9 Å². The molecular weight excluding hydrogens is 260 g/mol. The van der Waals surface area contributed by atoms with Crippen molar-refractivity contribution in [2.24, 2.45) is 11.8 Å². The largest absolute Gasteiger partial charge is 0.370 e. The summed E-state index contributed by atoms with van der Waals surface area (Å²) in [6.45, 7) is 7.37. The molecule has 3 saturated heterocycles. The standard InChI is InChI=1S/C18H32N2O/c1-2-17-16-11-19-10-14(16)12-20(17)13-15-6-9-18(21-15)7-4-3-5-8-18/h14-17,19H,2-13H2,1H3. The molecular formula is C18H32N2O. The van der Waals surface area contributed by atoms with E-state index < -0.39 is 0 Å². The Kier molecular flexibility index (Phi) is 4.01. The summed E-state index contributed by atoms with van der Waals surface area (Å²) in [5, 5.41) is 3.59. The Morgan fingerprint density at radius 3 is 2.81 bits per heavy atom. The molecule has 3 heterocycles. The number of likely N-dealkylation sites (tertiary alicyclic amines) is 1. The van der Waals surface area contributed by atoms with Gasteiger partial charge in [0.25, 0.3) is 0 Å². The molecule has 0 aromatic heterocycles. The second-order valence-electron chi connectivity index (χ2n) is 8.03. The third-order valence-corrected chi connectivity index (χ3v) is 6.78. The molecule has 0 bridgehead atoms. The molecule has 1 aliphatic carbocycles. The van der Waals surface area contributed by atoms with Crippen molar-refractivity contribution < 1.29 is 4.74 Å². The van der Waals surface area contributed by atoms with E-state index in [1.807, 2.05) is 0 Å². The average molecular weight is 292 g/mol. The molecule has 4 atom stereocenters. The van der Waals surface area contributed by atoms with Gasteiger partial charge in [-0.25, -0.2) is 0 Å². The van der Waals surface area contributed by atoms with Crippen molar-refractivity contribution in [3.63, 3.8) is 0 Å². The van der Waals surface area contributed by atoms with Crippen LogP contribution in [0.15, 0.2) is 0 Å². The summed E-state index contributed by atoms with van der Waals surface area (Å²) in [5.41, 5.74) is 0.293. The van der Waals surface area contributed by atoms with E-state index in [2.05, 4.69) is 17.1 Å². The van der Waals surface area contributed by atoms with Gasteiger partial charge in [-0.3, -0.25) is 4.90 Å². The molecule has 3 aliphatic heterocycles. The van der Waals surface area contributed by atoms with Crippen LogP contribution < -0.4 is 5.32 Å². The fraction of sp³-hybridized carbons (Fsp3) is 1.00. The molecule has 1 saturated carbocycles. The third kappa shape index (κ3) is 2.66. The predicted molar refractivity (Wildman–Crippen MR) is 85.4 cm³/mol. The number of hydrogen-bond donors (Lipinski definition) is 1. The molecule has 0 amide bonds. The molecule has 4 rings (SSSR count). The Labute approximate surface area is 129 Å². The van der Waals surface area contributed by atoms with Gasteiger partial charge in [0.15, 0.2) is 0 Å². The monoisotopic (exact) mass is 292 g/mol. The quantitative estimate of drug-likeness (QED) is 0.865. The topological polar surface area (TPSA) is 24.5 Å². The van der Waals surface area contributed by atoms with Crippen LogP contribution in [-0.2, 0) is 4.74 Å². The summed E-state index contributed by atoms with van der Waals surface area (Å²) in [6, 6.07) is 0.802. The van der Waals surface area contributed by atoms with E-state index in [0.29, 0.717) is 11.7 Å². The van der Waals surface area contributed by atoms with Crippen molar-refractivity contribution in [3.05, 3.63) is 0 Å². The lowest BCUT2D eigenvalue weighted by Gasteiger charge is -2.35.